The highest BCUT2D eigenvalue weighted by molar-refractivity contribution is 9.10. The standard InChI is InChI=1S/C18H16BrN3O2S2/c1-25-18-21-15(20-12-7-6-9(17(23)24)8-11(12)19)14-10-4-2-3-5-13(10)26-16(14)22-18/h6-8H,2-5H2,1H3,(H,23,24)(H,20,21,22). The van der Waals surface area contributed by atoms with Gasteiger partial charge in [0.15, 0.2) is 5.16 Å². The number of benzene rings is 1. The van der Waals surface area contributed by atoms with Crippen molar-refractivity contribution in [2.45, 2.75) is 30.8 Å². The van der Waals surface area contributed by atoms with Gasteiger partial charge in [-0.05, 0) is 71.6 Å². The number of halogens is 1. The van der Waals surface area contributed by atoms with Crippen LogP contribution < -0.4 is 5.32 Å². The molecule has 0 aliphatic heterocycles. The van der Waals surface area contributed by atoms with Crippen LogP contribution in [0.2, 0.25) is 0 Å². The maximum Gasteiger partial charge on any atom is 0.335 e. The molecule has 0 amide bonds. The second-order valence-electron chi connectivity index (χ2n) is 6.07. The first-order chi connectivity index (χ1) is 12.6. The van der Waals surface area contributed by atoms with Crippen LogP contribution in [0.3, 0.4) is 0 Å². The number of aromatic carboxylic acids is 1. The Morgan fingerprint density at radius 2 is 2.12 bits per heavy atom. The van der Waals surface area contributed by atoms with Gasteiger partial charge >= 0.3 is 5.97 Å². The van der Waals surface area contributed by atoms with Crippen LogP contribution in [0.15, 0.2) is 27.8 Å². The number of aryl methyl sites for hydroxylation is 2. The first-order valence-electron chi connectivity index (χ1n) is 8.23. The fourth-order valence-corrected chi connectivity index (χ4v) is 5.36. The fraction of sp³-hybridized carbons (Fsp3) is 0.278. The van der Waals surface area contributed by atoms with E-state index < -0.39 is 5.97 Å². The Labute approximate surface area is 167 Å². The summed E-state index contributed by atoms with van der Waals surface area (Å²) in [7, 11) is 0. The number of fused-ring (bicyclic) bond motifs is 3. The summed E-state index contributed by atoms with van der Waals surface area (Å²) < 4.78 is 0.693. The van der Waals surface area contributed by atoms with Crippen molar-refractivity contribution < 1.29 is 9.90 Å². The second kappa shape index (κ2) is 7.17. The van der Waals surface area contributed by atoms with Gasteiger partial charge in [0.2, 0.25) is 0 Å². The topological polar surface area (TPSA) is 75.1 Å². The quantitative estimate of drug-likeness (QED) is 0.404. The summed E-state index contributed by atoms with van der Waals surface area (Å²) in [6.45, 7) is 0. The third-order valence-corrected chi connectivity index (χ3v) is 6.84. The molecule has 1 aliphatic carbocycles. The van der Waals surface area contributed by atoms with Crippen molar-refractivity contribution >= 4 is 66.7 Å². The van der Waals surface area contributed by atoms with Crippen molar-refractivity contribution in [3.8, 4) is 0 Å². The molecule has 2 N–H and O–H groups in total. The van der Waals surface area contributed by atoms with E-state index in [9.17, 15) is 4.79 Å². The SMILES string of the molecule is CSc1nc(Nc2ccc(C(=O)O)cc2Br)c2c3c(sc2n1)CCCC3. The highest BCUT2D eigenvalue weighted by atomic mass is 79.9. The van der Waals surface area contributed by atoms with E-state index in [4.69, 9.17) is 15.1 Å². The Morgan fingerprint density at radius 3 is 2.85 bits per heavy atom. The van der Waals surface area contributed by atoms with Gasteiger partial charge in [0.05, 0.1) is 16.6 Å². The van der Waals surface area contributed by atoms with Gasteiger partial charge in [0.1, 0.15) is 10.6 Å². The highest BCUT2D eigenvalue weighted by Crippen LogP contribution is 2.40. The Balaban J connectivity index is 1.83. The van der Waals surface area contributed by atoms with E-state index >= 15 is 0 Å². The summed E-state index contributed by atoms with van der Waals surface area (Å²) >= 11 is 6.76. The number of nitrogens with one attached hydrogen (secondary N) is 1. The van der Waals surface area contributed by atoms with Crippen LogP contribution >= 0.6 is 39.0 Å². The number of hydrogen-bond donors (Lipinski definition) is 2. The zero-order chi connectivity index (χ0) is 18.3. The van der Waals surface area contributed by atoms with Crippen molar-refractivity contribution in [2.75, 3.05) is 11.6 Å². The van der Waals surface area contributed by atoms with Crippen LogP contribution in [0.5, 0.6) is 0 Å². The van der Waals surface area contributed by atoms with Crippen LogP contribution in [0, 0.1) is 0 Å². The summed E-state index contributed by atoms with van der Waals surface area (Å²) in [6.07, 6.45) is 6.57. The van der Waals surface area contributed by atoms with Crippen molar-refractivity contribution in [1.82, 2.24) is 9.97 Å². The summed E-state index contributed by atoms with van der Waals surface area (Å²) in [4.78, 5) is 23.0. The Bertz CT molecular complexity index is 1020. The largest absolute Gasteiger partial charge is 0.478 e. The molecule has 0 saturated heterocycles. The zero-order valence-electron chi connectivity index (χ0n) is 14.0. The fourth-order valence-electron chi connectivity index (χ4n) is 3.20. The Hall–Kier alpha value is -1.64. The van der Waals surface area contributed by atoms with Gasteiger partial charge in [-0.2, -0.15) is 0 Å². The lowest BCUT2D eigenvalue weighted by atomic mass is 9.97. The van der Waals surface area contributed by atoms with Gasteiger partial charge < -0.3 is 10.4 Å². The number of thiophene rings is 1. The number of rotatable bonds is 4. The lowest BCUT2D eigenvalue weighted by molar-refractivity contribution is 0.0697. The van der Waals surface area contributed by atoms with E-state index in [-0.39, 0.29) is 5.56 Å². The van der Waals surface area contributed by atoms with E-state index in [0.717, 1.165) is 39.7 Å². The molecule has 3 aromatic rings. The molecule has 0 bridgehead atoms. The Kier molecular flexibility index (Phi) is 4.90. The maximum absolute atomic E-state index is 11.1. The van der Waals surface area contributed by atoms with Crippen molar-refractivity contribution in [3.63, 3.8) is 0 Å². The molecule has 8 heteroatoms. The van der Waals surface area contributed by atoms with Crippen molar-refractivity contribution in [2.24, 2.45) is 0 Å². The van der Waals surface area contributed by atoms with E-state index in [2.05, 4.69) is 21.2 Å². The van der Waals surface area contributed by atoms with Crippen LogP contribution in [-0.2, 0) is 12.8 Å². The number of aromatic nitrogens is 2. The summed E-state index contributed by atoms with van der Waals surface area (Å²) in [5.41, 5.74) is 2.40. The molecule has 26 heavy (non-hydrogen) atoms. The number of nitrogens with zero attached hydrogens (tertiary/aromatic N) is 2. The lowest BCUT2D eigenvalue weighted by Gasteiger charge is -2.14. The normalized spacial score (nSPS) is 13.6. The van der Waals surface area contributed by atoms with Crippen LogP contribution in [0.25, 0.3) is 10.2 Å². The van der Waals surface area contributed by atoms with Crippen LogP contribution in [-0.4, -0.2) is 27.3 Å². The number of carbonyl (C=O) groups is 1. The number of thioether (sulfide) groups is 1. The van der Waals surface area contributed by atoms with E-state index in [1.807, 2.05) is 6.26 Å². The van der Waals surface area contributed by atoms with E-state index in [1.54, 1.807) is 29.5 Å². The first-order valence-corrected chi connectivity index (χ1v) is 11.1. The van der Waals surface area contributed by atoms with Gasteiger partial charge in [-0.15, -0.1) is 11.3 Å². The van der Waals surface area contributed by atoms with Crippen LogP contribution in [0.1, 0.15) is 33.6 Å². The molecule has 4 rings (SSSR count). The number of carboxylic acids is 1. The van der Waals surface area contributed by atoms with Gasteiger partial charge in [-0.1, -0.05) is 11.8 Å². The molecule has 0 radical (unpaired) electrons. The molecular formula is C18H16BrN3O2S2. The minimum Gasteiger partial charge on any atom is -0.478 e. The van der Waals surface area contributed by atoms with Gasteiger partial charge in [0.25, 0.3) is 0 Å². The monoisotopic (exact) mass is 449 g/mol. The predicted molar refractivity (Wildman–Crippen MR) is 110 cm³/mol. The third-order valence-electron chi connectivity index (χ3n) is 4.45. The lowest BCUT2D eigenvalue weighted by Crippen LogP contribution is -2.03. The molecule has 0 spiro atoms. The van der Waals surface area contributed by atoms with Gasteiger partial charge in [-0.3, -0.25) is 0 Å². The molecule has 2 heterocycles. The molecule has 1 aliphatic rings. The second-order valence-corrected chi connectivity index (χ2v) is 8.79. The molecule has 0 unspecified atom stereocenters. The maximum atomic E-state index is 11.1. The molecule has 0 saturated carbocycles. The predicted octanol–water partition coefficient (Wildman–Crippen LogP) is 5.50. The molecule has 0 fully saturated rings. The van der Waals surface area contributed by atoms with E-state index in [1.165, 1.54) is 35.0 Å². The first kappa shape index (κ1) is 17.8. The smallest absolute Gasteiger partial charge is 0.335 e. The van der Waals surface area contributed by atoms with E-state index in [0.29, 0.717) is 4.47 Å². The molecule has 5 nitrogen and oxygen atoms in total. The van der Waals surface area contributed by atoms with Gasteiger partial charge in [-0.25, -0.2) is 14.8 Å². The van der Waals surface area contributed by atoms with Gasteiger partial charge in [0, 0.05) is 9.35 Å². The minimum atomic E-state index is -0.946. The Morgan fingerprint density at radius 1 is 1.31 bits per heavy atom. The zero-order valence-corrected chi connectivity index (χ0v) is 17.2. The molecule has 134 valence electrons. The van der Waals surface area contributed by atoms with Crippen LogP contribution in [0.4, 0.5) is 11.5 Å². The molecular weight excluding hydrogens is 434 g/mol. The van der Waals surface area contributed by atoms with Crippen molar-refractivity contribution in [3.05, 3.63) is 38.7 Å². The highest BCUT2D eigenvalue weighted by Gasteiger charge is 2.21. The average Bonchev–Trinajstić information content (AvgIpc) is 3.01. The third kappa shape index (κ3) is 3.21. The number of hydrogen-bond acceptors (Lipinski definition) is 6. The number of anilines is 2. The summed E-state index contributed by atoms with van der Waals surface area (Å²) in [6, 6.07) is 4.95. The molecule has 0 atom stereocenters. The minimum absolute atomic E-state index is 0.243. The average molecular weight is 450 g/mol. The molecule has 2 aromatic heterocycles. The molecule has 1 aromatic carbocycles. The summed E-state index contributed by atoms with van der Waals surface area (Å²) in [5.74, 6) is -0.152. The summed E-state index contributed by atoms with van der Waals surface area (Å²) in [5, 5.41) is 14.4. The van der Waals surface area contributed by atoms with Crippen molar-refractivity contribution in [1.29, 1.82) is 0 Å². The number of carboxylic acid groups (broad SMARTS) is 1.